The predicted molar refractivity (Wildman–Crippen MR) is 119 cm³/mol. The maximum atomic E-state index is 13.4. The summed E-state index contributed by atoms with van der Waals surface area (Å²) >= 11 is 0. The molecule has 3 heterocycles. The van der Waals surface area contributed by atoms with Crippen LogP contribution in [0.25, 0.3) is 10.9 Å². The van der Waals surface area contributed by atoms with E-state index in [1.165, 1.54) is 16.8 Å². The number of nitrogens with one attached hydrogen (secondary N) is 3. The number of hydrogen-bond donors (Lipinski definition) is 4. The van der Waals surface area contributed by atoms with Crippen molar-refractivity contribution in [1.29, 1.82) is 0 Å². The van der Waals surface area contributed by atoms with Gasteiger partial charge in [-0.3, -0.25) is 9.89 Å². The van der Waals surface area contributed by atoms with Gasteiger partial charge in [-0.2, -0.15) is 23.4 Å². The minimum atomic E-state index is -4.48. The topological polar surface area (TPSA) is 108 Å². The number of benzene rings is 2. The van der Waals surface area contributed by atoms with E-state index in [-0.39, 0.29) is 12.2 Å². The number of carbonyl (C=O) groups excluding carboxylic acids is 1. The number of aliphatic hydroxyl groups is 1. The number of alkyl halides is 3. The Hall–Kier alpha value is -4.12. The number of fused-ring (bicyclic) bond motifs is 2. The molecule has 0 unspecified atom stereocenters. The van der Waals surface area contributed by atoms with Crippen LogP contribution < -0.4 is 10.6 Å². The van der Waals surface area contributed by atoms with Crippen LogP contribution in [0.2, 0.25) is 0 Å². The molecule has 0 spiro atoms. The van der Waals surface area contributed by atoms with Crippen molar-refractivity contribution in [2.45, 2.75) is 25.7 Å². The normalized spacial score (nSPS) is 15.9. The van der Waals surface area contributed by atoms with Crippen molar-refractivity contribution in [1.82, 2.24) is 20.0 Å². The van der Waals surface area contributed by atoms with Gasteiger partial charge in [-0.15, -0.1) is 0 Å². The third-order valence-electron chi connectivity index (χ3n) is 5.68. The molecule has 0 saturated heterocycles. The lowest BCUT2D eigenvalue weighted by Gasteiger charge is -2.30. The van der Waals surface area contributed by atoms with Gasteiger partial charge in [-0.25, -0.2) is 4.68 Å². The number of aliphatic hydroxyl groups excluding tert-OH is 1. The Balaban J connectivity index is 1.56. The summed E-state index contributed by atoms with van der Waals surface area (Å²) in [4.78, 5) is 13.4. The molecule has 5 rings (SSSR count). The van der Waals surface area contributed by atoms with Gasteiger partial charge in [-0.1, -0.05) is 12.1 Å². The molecule has 174 valence electrons. The lowest BCUT2D eigenvalue weighted by atomic mass is 9.94. The summed E-state index contributed by atoms with van der Waals surface area (Å²) in [6.45, 7) is 1.38. The summed E-state index contributed by atoms with van der Waals surface area (Å²) in [6, 6.07) is 10.7. The number of amides is 1. The Morgan fingerprint density at radius 1 is 1.18 bits per heavy atom. The van der Waals surface area contributed by atoms with E-state index in [1.54, 1.807) is 37.4 Å². The van der Waals surface area contributed by atoms with E-state index >= 15 is 0 Å². The summed E-state index contributed by atoms with van der Waals surface area (Å²) < 4.78 is 40.8. The molecule has 2 aromatic carbocycles. The van der Waals surface area contributed by atoms with E-state index < -0.39 is 23.7 Å². The molecule has 2 aromatic heterocycles. The van der Waals surface area contributed by atoms with E-state index in [0.717, 1.165) is 23.0 Å². The SMILES string of the molecule is CC1=C(C(=O)Nc2ccc3[nH]ncc3c2)[C@H](c2ccc(C(F)(F)F)cc2)n2nc(CO)cc2N1. The van der Waals surface area contributed by atoms with Crippen LogP contribution in [0.1, 0.15) is 29.8 Å². The van der Waals surface area contributed by atoms with E-state index in [2.05, 4.69) is 25.9 Å². The summed E-state index contributed by atoms with van der Waals surface area (Å²) in [5.41, 5.74) is 2.16. The summed E-state index contributed by atoms with van der Waals surface area (Å²) in [6.07, 6.45) is -2.85. The second-order valence-corrected chi connectivity index (χ2v) is 7.94. The van der Waals surface area contributed by atoms with Crippen molar-refractivity contribution in [2.75, 3.05) is 10.6 Å². The molecule has 1 aliphatic heterocycles. The first-order chi connectivity index (χ1) is 16.2. The van der Waals surface area contributed by atoms with Gasteiger partial charge < -0.3 is 15.7 Å². The molecular weight excluding hydrogens is 449 g/mol. The van der Waals surface area contributed by atoms with Gasteiger partial charge in [0, 0.05) is 22.8 Å². The van der Waals surface area contributed by atoms with Crippen LogP contribution in [-0.2, 0) is 17.6 Å². The zero-order valence-electron chi connectivity index (χ0n) is 17.8. The first-order valence-corrected chi connectivity index (χ1v) is 10.3. The van der Waals surface area contributed by atoms with Gasteiger partial charge in [0.2, 0.25) is 0 Å². The molecule has 11 heteroatoms. The minimum absolute atomic E-state index is 0.284. The first-order valence-electron chi connectivity index (χ1n) is 10.3. The summed E-state index contributed by atoms with van der Waals surface area (Å²) in [5.74, 6) is 0.0762. The summed E-state index contributed by atoms with van der Waals surface area (Å²) in [7, 11) is 0. The van der Waals surface area contributed by atoms with Gasteiger partial charge in [0.1, 0.15) is 11.9 Å². The van der Waals surface area contributed by atoms with Gasteiger partial charge in [-0.05, 0) is 42.8 Å². The van der Waals surface area contributed by atoms with E-state index in [1.807, 2.05) is 0 Å². The lowest BCUT2D eigenvalue weighted by molar-refractivity contribution is -0.137. The molecule has 0 bridgehead atoms. The minimum Gasteiger partial charge on any atom is -0.390 e. The third kappa shape index (κ3) is 3.79. The molecule has 0 fully saturated rings. The highest BCUT2D eigenvalue weighted by Gasteiger charge is 2.35. The third-order valence-corrected chi connectivity index (χ3v) is 5.68. The number of nitrogens with zero attached hydrogens (tertiary/aromatic N) is 3. The number of halogens is 3. The fourth-order valence-electron chi connectivity index (χ4n) is 4.07. The Morgan fingerprint density at radius 2 is 1.94 bits per heavy atom. The molecule has 0 saturated carbocycles. The molecule has 34 heavy (non-hydrogen) atoms. The molecule has 0 radical (unpaired) electrons. The van der Waals surface area contributed by atoms with Crippen molar-refractivity contribution < 1.29 is 23.1 Å². The van der Waals surface area contributed by atoms with E-state index in [4.69, 9.17) is 0 Å². The molecule has 4 N–H and O–H groups in total. The van der Waals surface area contributed by atoms with Crippen molar-refractivity contribution in [2.24, 2.45) is 0 Å². The van der Waals surface area contributed by atoms with Crippen molar-refractivity contribution in [3.8, 4) is 0 Å². The highest BCUT2D eigenvalue weighted by atomic mass is 19.4. The Bertz CT molecular complexity index is 1420. The summed E-state index contributed by atoms with van der Waals surface area (Å²) in [5, 5.41) is 27.5. The number of rotatable bonds is 4. The number of allylic oxidation sites excluding steroid dienone is 1. The van der Waals surface area contributed by atoms with E-state index in [9.17, 15) is 23.1 Å². The first kappa shape index (κ1) is 21.7. The zero-order chi connectivity index (χ0) is 24.0. The molecule has 1 amide bonds. The largest absolute Gasteiger partial charge is 0.416 e. The van der Waals surface area contributed by atoms with E-state index in [0.29, 0.717) is 28.5 Å². The van der Waals surface area contributed by atoms with Gasteiger partial charge in [0.15, 0.2) is 0 Å². The quantitative estimate of drug-likeness (QED) is 0.359. The van der Waals surface area contributed by atoms with Crippen LogP contribution in [0.5, 0.6) is 0 Å². The second kappa shape index (κ2) is 8.03. The van der Waals surface area contributed by atoms with Crippen molar-refractivity contribution >= 4 is 28.3 Å². The number of aromatic amines is 1. The molecule has 1 aliphatic rings. The predicted octanol–water partition coefficient (Wildman–Crippen LogP) is 4.20. The molecule has 0 aliphatic carbocycles. The highest BCUT2D eigenvalue weighted by Crippen LogP contribution is 2.38. The average molecular weight is 468 g/mol. The number of aromatic nitrogens is 4. The Kier molecular flexibility index (Phi) is 5.13. The molecule has 8 nitrogen and oxygen atoms in total. The number of hydrogen-bond acceptors (Lipinski definition) is 5. The Labute approximate surface area is 191 Å². The number of carbonyl (C=O) groups is 1. The molecule has 1 atom stereocenters. The van der Waals surface area contributed by atoms with Crippen LogP contribution in [0.4, 0.5) is 24.7 Å². The van der Waals surface area contributed by atoms with Crippen LogP contribution in [-0.4, -0.2) is 31.0 Å². The van der Waals surface area contributed by atoms with Crippen LogP contribution in [0.15, 0.2) is 66.0 Å². The zero-order valence-corrected chi connectivity index (χ0v) is 17.8. The van der Waals surface area contributed by atoms with Crippen LogP contribution in [0.3, 0.4) is 0 Å². The average Bonchev–Trinajstić information content (AvgIpc) is 3.43. The fourth-order valence-corrected chi connectivity index (χ4v) is 4.07. The van der Waals surface area contributed by atoms with Gasteiger partial charge in [0.25, 0.3) is 5.91 Å². The lowest BCUT2D eigenvalue weighted by Crippen LogP contribution is -2.31. The van der Waals surface area contributed by atoms with Gasteiger partial charge >= 0.3 is 6.18 Å². The monoisotopic (exact) mass is 468 g/mol. The molecular formula is C23H19F3N6O2. The van der Waals surface area contributed by atoms with Gasteiger partial charge in [0.05, 0.1) is 35.2 Å². The van der Waals surface area contributed by atoms with Crippen LogP contribution >= 0.6 is 0 Å². The highest BCUT2D eigenvalue weighted by molar-refractivity contribution is 6.06. The smallest absolute Gasteiger partial charge is 0.390 e. The van der Waals surface area contributed by atoms with Crippen molar-refractivity contribution in [3.05, 3.63) is 82.8 Å². The molecule has 4 aromatic rings. The maximum absolute atomic E-state index is 13.4. The Morgan fingerprint density at radius 3 is 2.65 bits per heavy atom. The number of H-pyrrole nitrogens is 1. The second-order valence-electron chi connectivity index (χ2n) is 7.94. The fraction of sp³-hybridized carbons (Fsp3) is 0.174. The van der Waals surface area contributed by atoms with Crippen LogP contribution in [0, 0.1) is 0 Å². The number of anilines is 2. The van der Waals surface area contributed by atoms with Crippen molar-refractivity contribution in [3.63, 3.8) is 0 Å². The maximum Gasteiger partial charge on any atom is 0.416 e. The standard InChI is InChI=1S/C23H19F3N6O2/c1-12-20(22(34)29-16-6-7-18-14(8-16)10-27-30-18)21(32-19(28-12)9-17(11-33)31-32)13-2-4-15(5-3-13)23(24,25)26/h2-10,21,28,33H,11H2,1H3,(H,27,30)(H,29,34)/t21-/m0/s1.